The van der Waals surface area contributed by atoms with Gasteiger partial charge in [0.15, 0.2) is 5.79 Å². The molecule has 2 aliphatic rings. The maximum Gasteiger partial charge on any atom is 0.245 e. The van der Waals surface area contributed by atoms with E-state index in [0.29, 0.717) is 5.73 Å². The summed E-state index contributed by atoms with van der Waals surface area (Å²) in [5, 5.41) is 0. The van der Waals surface area contributed by atoms with Crippen molar-refractivity contribution in [2.24, 2.45) is 0 Å². The van der Waals surface area contributed by atoms with Gasteiger partial charge in [0.2, 0.25) is 9.04 Å². The zero-order valence-electron chi connectivity index (χ0n) is 7.22. The number of rotatable bonds is 1. The zero-order chi connectivity index (χ0) is 7.90. The van der Waals surface area contributed by atoms with E-state index in [1.54, 1.807) is 0 Å². The van der Waals surface area contributed by atoms with Crippen molar-refractivity contribution >= 4 is 9.04 Å². The molecule has 0 aromatic rings. The molecule has 3 heteroatoms. The first-order chi connectivity index (χ1) is 5.23. The van der Waals surface area contributed by atoms with Crippen molar-refractivity contribution in [1.29, 1.82) is 0 Å². The second-order valence-corrected chi connectivity index (χ2v) is 5.84. The molecule has 11 heavy (non-hydrogen) atoms. The molecular formula is C8H15O2Si. The molecule has 63 valence electrons. The lowest BCUT2D eigenvalue weighted by atomic mass is 10.2. The van der Waals surface area contributed by atoms with Crippen molar-refractivity contribution in [3.63, 3.8) is 0 Å². The van der Waals surface area contributed by atoms with Gasteiger partial charge in [-0.1, -0.05) is 13.3 Å². The van der Waals surface area contributed by atoms with Crippen LogP contribution in [0, 0.1) is 0 Å². The van der Waals surface area contributed by atoms with Gasteiger partial charge in [-0.25, -0.2) is 0 Å². The average molecular weight is 171 g/mol. The lowest BCUT2D eigenvalue weighted by molar-refractivity contribution is -0.145. The number of fused-ring (bicyclic) bond motifs is 1. The summed E-state index contributed by atoms with van der Waals surface area (Å²) in [7, 11) is -0.559. The largest absolute Gasteiger partial charge is 0.387 e. The van der Waals surface area contributed by atoms with Crippen molar-refractivity contribution in [3.05, 3.63) is 0 Å². The second kappa shape index (κ2) is 2.57. The highest BCUT2D eigenvalue weighted by Crippen LogP contribution is 2.37. The van der Waals surface area contributed by atoms with E-state index >= 15 is 0 Å². The van der Waals surface area contributed by atoms with E-state index in [4.69, 9.17) is 9.16 Å². The Balaban J connectivity index is 2.04. The minimum absolute atomic E-state index is 0.223. The third-order valence-electron chi connectivity index (χ3n) is 2.63. The summed E-state index contributed by atoms with van der Waals surface area (Å²) < 4.78 is 11.7. The van der Waals surface area contributed by atoms with Crippen LogP contribution in [0.4, 0.5) is 0 Å². The molecule has 0 aliphatic carbocycles. The third-order valence-corrected chi connectivity index (χ3v) is 5.29. The fraction of sp³-hybridized carbons (Fsp3) is 1.00. The summed E-state index contributed by atoms with van der Waals surface area (Å²) in [5.41, 5.74) is 0.505. The Hall–Kier alpha value is 0.137. The molecule has 2 aliphatic heterocycles. The minimum atomic E-state index is -0.559. The highest BCUT2D eigenvalue weighted by molar-refractivity contribution is 6.54. The molecule has 0 N–H and O–H groups in total. The monoisotopic (exact) mass is 171 g/mol. The van der Waals surface area contributed by atoms with Crippen LogP contribution in [0.2, 0.25) is 6.04 Å². The van der Waals surface area contributed by atoms with Gasteiger partial charge >= 0.3 is 0 Å². The molecule has 0 amide bonds. The van der Waals surface area contributed by atoms with Gasteiger partial charge in [0.05, 0.1) is 5.73 Å². The van der Waals surface area contributed by atoms with E-state index in [2.05, 4.69) is 13.8 Å². The summed E-state index contributed by atoms with van der Waals surface area (Å²) in [6.45, 7) is 4.20. The SMILES string of the molecule is CCC1(C)OC2CCC[Si]2O1. The van der Waals surface area contributed by atoms with Crippen LogP contribution in [0.5, 0.6) is 0 Å². The first-order valence-electron chi connectivity index (χ1n) is 4.46. The van der Waals surface area contributed by atoms with Gasteiger partial charge in [0.1, 0.15) is 0 Å². The first-order valence-corrected chi connectivity index (χ1v) is 6.15. The van der Waals surface area contributed by atoms with Gasteiger partial charge in [-0.05, 0) is 25.8 Å². The van der Waals surface area contributed by atoms with Crippen LogP contribution in [0.15, 0.2) is 0 Å². The van der Waals surface area contributed by atoms with Crippen LogP contribution in [0.3, 0.4) is 0 Å². The summed E-state index contributed by atoms with van der Waals surface area (Å²) >= 11 is 0. The number of ether oxygens (including phenoxy) is 1. The second-order valence-electron chi connectivity index (χ2n) is 3.55. The molecule has 2 saturated heterocycles. The van der Waals surface area contributed by atoms with Crippen LogP contribution in [-0.2, 0) is 9.16 Å². The maximum absolute atomic E-state index is 5.90. The van der Waals surface area contributed by atoms with E-state index in [1.165, 1.54) is 18.9 Å². The number of hydrogen-bond donors (Lipinski definition) is 0. The molecule has 0 spiro atoms. The molecule has 2 heterocycles. The van der Waals surface area contributed by atoms with E-state index in [-0.39, 0.29) is 5.79 Å². The lowest BCUT2D eigenvalue weighted by Gasteiger charge is -2.22. The van der Waals surface area contributed by atoms with Crippen molar-refractivity contribution < 1.29 is 9.16 Å². The van der Waals surface area contributed by atoms with E-state index in [0.717, 1.165) is 6.42 Å². The molecule has 2 unspecified atom stereocenters. The molecule has 2 nitrogen and oxygen atoms in total. The summed E-state index contributed by atoms with van der Waals surface area (Å²) in [6, 6.07) is 1.30. The van der Waals surface area contributed by atoms with Crippen molar-refractivity contribution in [1.82, 2.24) is 0 Å². The average Bonchev–Trinajstić information content (AvgIpc) is 2.46. The standard InChI is InChI=1S/C8H15O2Si/c1-3-8(2)9-7-5-4-6-11(7)10-8/h7H,3-6H2,1-2H3. The van der Waals surface area contributed by atoms with Gasteiger partial charge in [-0.2, -0.15) is 0 Å². The molecule has 2 atom stereocenters. The summed E-state index contributed by atoms with van der Waals surface area (Å²) in [4.78, 5) is 0. The van der Waals surface area contributed by atoms with Crippen LogP contribution in [-0.4, -0.2) is 20.6 Å². The summed E-state index contributed by atoms with van der Waals surface area (Å²) in [5.74, 6) is -0.223. The molecule has 2 fully saturated rings. The van der Waals surface area contributed by atoms with Crippen LogP contribution < -0.4 is 0 Å². The molecule has 0 saturated carbocycles. The highest BCUT2D eigenvalue weighted by Gasteiger charge is 2.47. The molecular weight excluding hydrogens is 156 g/mol. The Bertz CT molecular complexity index is 148. The Morgan fingerprint density at radius 1 is 1.64 bits per heavy atom. The van der Waals surface area contributed by atoms with Crippen LogP contribution >= 0.6 is 0 Å². The van der Waals surface area contributed by atoms with Gasteiger partial charge in [-0.3, -0.25) is 0 Å². The van der Waals surface area contributed by atoms with Crippen molar-refractivity contribution in [2.45, 2.75) is 50.7 Å². The van der Waals surface area contributed by atoms with Crippen LogP contribution in [0.1, 0.15) is 33.1 Å². The number of hydrogen-bond acceptors (Lipinski definition) is 2. The highest BCUT2D eigenvalue weighted by atomic mass is 28.3. The van der Waals surface area contributed by atoms with Gasteiger partial charge in [0, 0.05) is 0 Å². The van der Waals surface area contributed by atoms with Gasteiger partial charge in [-0.15, -0.1) is 0 Å². The zero-order valence-corrected chi connectivity index (χ0v) is 8.22. The quantitative estimate of drug-likeness (QED) is 0.561. The Labute approximate surface area is 69.6 Å². The Morgan fingerprint density at radius 2 is 2.45 bits per heavy atom. The summed E-state index contributed by atoms with van der Waals surface area (Å²) in [6.07, 6.45) is 3.54. The minimum Gasteiger partial charge on any atom is -0.387 e. The van der Waals surface area contributed by atoms with E-state index in [9.17, 15) is 0 Å². The van der Waals surface area contributed by atoms with E-state index in [1.807, 2.05) is 0 Å². The normalized spacial score (nSPS) is 44.7. The fourth-order valence-corrected chi connectivity index (χ4v) is 4.54. The molecule has 0 aromatic heterocycles. The van der Waals surface area contributed by atoms with Crippen molar-refractivity contribution in [2.75, 3.05) is 0 Å². The lowest BCUT2D eigenvalue weighted by Crippen LogP contribution is -2.26. The molecule has 2 rings (SSSR count). The Morgan fingerprint density at radius 3 is 3.09 bits per heavy atom. The van der Waals surface area contributed by atoms with Crippen molar-refractivity contribution in [3.8, 4) is 0 Å². The fourth-order valence-electron chi connectivity index (χ4n) is 1.78. The third kappa shape index (κ3) is 1.25. The molecule has 0 aromatic carbocycles. The topological polar surface area (TPSA) is 18.5 Å². The van der Waals surface area contributed by atoms with Gasteiger partial charge in [0.25, 0.3) is 0 Å². The molecule has 1 radical (unpaired) electrons. The first kappa shape index (κ1) is 7.77. The van der Waals surface area contributed by atoms with E-state index < -0.39 is 9.04 Å². The van der Waals surface area contributed by atoms with Crippen LogP contribution in [0.25, 0.3) is 0 Å². The molecule has 0 bridgehead atoms. The van der Waals surface area contributed by atoms with Gasteiger partial charge < -0.3 is 9.16 Å². The smallest absolute Gasteiger partial charge is 0.245 e. The predicted molar refractivity (Wildman–Crippen MR) is 44.4 cm³/mol. The predicted octanol–water partition coefficient (Wildman–Crippen LogP) is 1.85. The Kier molecular flexibility index (Phi) is 1.82. The maximum atomic E-state index is 5.90.